The van der Waals surface area contributed by atoms with E-state index in [1.807, 2.05) is 4.57 Å². The molecule has 0 bridgehead atoms. The minimum Gasteiger partial charge on any atom is -0.306 e. The summed E-state index contributed by atoms with van der Waals surface area (Å²) in [5.41, 5.74) is 3.27. The minimum atomic E-state index is 0.0511. The standard InChI is InChI=1S/C15H20N2O/c1-10-3-6-12(7-4-10)17-14-8-5-11(2)9-13(14)16-15(17)18/h5,8-10,12H,3-4,6-7H2,1-2H3,(H,16,18)/t10-,12+. The van der Waals surface area contributed by atoms with Gasteiger partial charge in [0.15, 0.2) is 0 Å². The molecular weight excluding hydrogens is 224 g/mol. The number of aromatic nitrogens is 2. The lowest BCUT2D eigenvalue weighted by Gasteiger charge is -2.27. The van der Waals surface area contributed by atoms with Gasteiger partial charge in [-0.05, 0) is 56.2 Å². The van der Waals surface area contributed by atoms with Crippen LogP contribution in [0.2, 0.25) is 0 Å². The van der Waals surface area contributed by atoms with Crippen molar-refractivity contribution in [3.05, 3.63) is 34.2 Å². The average molecular weight is 244 g/mol. The van der Waals surface area contributed by atoms with E-state index in [-0.39, 0.29) is 5.69 Å². The number of hydrogen-bond acceptors (Lipinski definition) is 1. The molecule has 0 spiro atoms. The largest absolute Gasteiger partial charge is 0.326 e. The highest BCUT2D eigenvalue weighted by Crippen LogP contribution is 2.32. The smallest absolute Gasteiger partial charge is 0.306 e. The van der Waals surface area contributed by atoms with E-state index in [2.05, 4.69) is 37.0 Å². The van der Waals surface area contributed by atoms with Crippen LogP contribution in [0.5, 0.6) is 0 Å². The van der Waals surface area contributed by atoms with Gasteiger partial charge in [0, 0.05) is 6.04 Å². The fourth-order valence-electron chi connectivity index (χ4n) is 3.11. The van der Waals surface area contributed by atoms with Gasteiger partial charge in [-0.3, -0.25) is 4.57 Å². The Kier molecular flexibility index (Phi) is 2.77. The second-order valence-electron chi connectivity index (χ2n) is 5.73. The molecule has 1 fully saturated rings. The maximum Gasteiger partial charge on any atom is 0.326 e. The summed E-state index contributed by atoms with van der Waals surface area (Å²) < 4.78 is 1.97. The van der Waals surface area contributed by atoms with Crippen LogP contribution in [0, 0.1) is 12.8 Å². The zero-order valence-electron chi connectivity index (χ0n) is 11.1. The van der Waals surface area contributed by atoms with Gasteiger partial charge < -0.3 is 4.98 Å². The first-order valence-corrected chi connectivity index (χ1v) is 6.86. The Hall–Kier alpha value is -1.51. The predicted molar refractivity (Wildman–Crippen MR) is 74.0 cm³/mol. The van der Waals surface area contributed by atoms with Crippen molar-refractivity contribution >= 4 is 11.0 Å². The molecule has 1 N–H and O–H groups in total. The molecule has 0 radical (unpaired) electrons. The van der Waals surface area contributed by atoms with Gasteiger partial charge in [0.05, 0.1) is 11.0 Å². The van der Waals surface area contributed by atoms with Gasteiger partial charge >= 0.3 is 5.69 Å². The Labute approximate surface area is 107 Å². The number of hydrogen-bond donors (Lipinski definition) is 1. The van der Waals surface area contributed by atoms with Gasteiger partial charge in [-0.2, -0.15) is 0 Å². The van der Waals surface area contributed by atoms with Crippen molar-refractivity contribution in [2.24, 2.45) is 5.92 Å². The zero-order chi connectivity index (χ0) is 12.7. The number of rotatable bonds is 1. The number of H-pyrrole nitrogens is 1. The van der Waals surface area contributed by atoms with E-state index in [4.69, 9.17) is 0 Å². The summed E-state index contributed by atoms with van der Waals surface area (Å²) >= 11 is 0. The second kappa shape index (κ2) is 4.30. The normalized spacial score (nSPS) is 24.6. The van der Waals surface area contributed by atoms with E-state index >= 15 is 0 Å². The van der Waals surface area contributed by atoms with Crippen LogP contribution in [-0.4, -0.2) is 9.55 Å². The van der Waals surface area contributed by atoms with Crippen LogP contribution in [0.3, 0.4) is 0 Å². The highest BCUT2D eigenvalue weighted by molar-refractivity contribution is 5.76. The zero-order valence-corrected chi connectivity index (χ0v) is 11.1. The fraction of sp³-hybridized carbons (Fsp3) is 0.533. The van der Waals surface area contributed by atoms with Crippen molar-refractivity contribution in [1.82, 2.24) is 9.55 Å². The number of nitrogens with one attached hydrogen (secondary N) is 1. The number of imidazole rings is 1. The molecule has 1 aliphatic rings. The van der Waals surface area contributed by atoms with Crippen molar-refractivity contribution in [3.8, 4) is 0 Å². The molecule has 0 unspecified atom stereocenters. The molecule has 96 valence electrons. The third kappa shape index (κ3) is 1.88. The van der Waals surface area contributed by atoms with E-state index < -0.39 is 0 Å². The van der Waals surface area contributed by atoms with Crippen LogP contribution in [0.15, 0.2) is 23.0 Å². The molecule has 0 aliphatic heterocycles. The lowest BCUT2D eigenvalue weighted by molar-refractivity contribution is 0.290. The van der Waals surface area contributed by atoms with Crippen LogP contribution in [0.4, 0.5) is 0 Å². The Balaban J connectivity index is 2.06. The number of aromatic amines is 1. The third-order valence-electron chi connectivity index (χ3n) is 4.22. The first kappa shape index (κ1) is 11.6. The van der Waals surface area contributed by atoms with Gasteiger partial charge in [-0.15, -0.1) is 0 Å². The Morgan fingerprint density at radius 2 is 1.94 bits per heavy atom. The minimum absolute atomic E-state index is 0.0511. The summed E-state index contributed by atoms with van der Waals surface area (Å²) in [5, 5.41) is 0. The predicted octanol–water partition coefficient (Wildman–Crippen LogP) is 3.39. The second-order valence-corrected chi connectivity index (χ2v) is 5.73. The average Bonchev–Trinajstić information content (AvgIpc) is 2.65. The SMILES string of the molecule is Cc1ccc2c(c1)[nH]c(=O)n2[C@H]1CC[C@@H](C)CC1. The van der Waals surface area contributed by atoms with Crippen LogP contribution in [0.1, 0.15) is 44.2 Å². The molecule has 1 aromatic heterocycles. The third-order valence-corrected chi connectivity index (χ3v) is 4.22. The van der Waals surface area contributed by atoms with Crippen molar-refractivity contribution in [2.75, 3.05) is 0 Å². The van der Waals surface area contributed by atoms with E-state index in [0.717, 1.165) is 29.8 Å². The molecule has 0 amide bonds. The van der Waals surface area contributed by atoms with E-state index in [1.54, 1.807) is 0 Å². The Morgan fingerprint density at radius 3 is 2.67 bits per heavy atom. The Morgan fingerprint density at radius 1 is 1.22 bits per heavy atom. The van der Waals surface area contributed by atoms with Crippen molar-refractivity contribution in [2.45, 2.75) is 45.6 Å². The van der Waals surface area contributed by atoms with Crippen LogP contribution >= 0.6 is 0 Å². The highest BCUT2D eigenvalue weighted by Gasteiger charge is 2.22. The summed E-state index contributed by atoms with van der Waals surface area (Å²) in [6, 6.07) is 6.58. The molecule has 0 atom stereocenters. The number of nitrogens with zero attached hydrogens (tertiary/aromatic N) is 1. The molecule has 1 aromatic carbocycles. The first-order valence-electron chi connectivity index (χ1n) is 6.86. The van der Waals surface area contributed by atoms with E-state index in [9.17, 15) is 4.79 Å². The van der Waals surface area contributed by atoms with Gasteiger partial charge in [-0.1, -0.05) is 13.0 Å². The van der Waals surface area contributed by atoms with Gasteiger partial charge in [0.1, 0.15) is 0 Å². The van der Waals surface area contributed by atoms with Crippen LogP contribution in [0.25, 0.3) is 11.0 Å². The molecule has 3 rings (SSSR count). The van der Waals surface area contributed by atoms with Gasteiger partial charge in [0.2, 0.25) is 0 Å². The summed E-state index contributed by atoms with van der Waals surface area (Å²) in [5.74, 6) is 0.810. The monoisotopic (exact) mass is 244 g/mol. The maximum absolute atomic E-state index is 12.1. The molecule has 1 heterocycles. The molecule has 3 nitrogen and oxygen atoms in total. The molecular formula is C15H20N2O. The van der Waals surface area contributed by atoms with Crippen LogP contribution in [-0.2, 0) is 0 Å². The molecule has 3 heteroatoms. The molecule has 1 saturated carbocycles. The van der Waals surface area contributed by atoms with Gasteiger partial charge in [0.25, 0.3) is 0 Å². The first-order chi connectivity index (χ1) is 8.65. The van der Waals surface area contributed by atoms with Gasteiger partial charge in [-0.25, -0.2) is 4.79 Å². The van der Waals surface area contributed by atoms with E-state index in [1.165, 1.54) is 18.4 Å². The quantitative estimate of drug-likeness (QED) is 0.820. The number of benzene rings is 1. The lowest BCUT2D eigenvalue weighted by Crippen LogP contribution is -2.25. The van der Waals surface area contributed by atoms with Crippen molar-refractivity contribution in [1.29, 1.82) is 0 Å². The Bertz CT molecular complexity index is 615. The maximum atomic E-state index is 12.1. The number of fused-ring (bicyclic) bond motifs is 1. The molecule has 0 saturated heterocycles. The number of aryl methyl sites for hydroxylation is 1. The summed E-state index contributed by atoms with van der Waals surface area (Å²) in [6.07, 6.45) is 4.72. The topological polar surface area (TPSA) is 37.8 Å². The van der Waals surface area contributed by atoms with Crippen molar-refractivity contribution < 1.29 is 0 Å². The van der Waals surface area contributed by atoms with Crippen LogP contribution < -0.4 is 5.69 Å². The summed E-state index contributed by atoms with van der Waals surface area (Å²) in [7, 11) is 0. The molecule has 1 aliphatic carbocycles. The van der Waals surface area contributed by atoms with E-state index in [0.29, 0.717) is 6.04 Å². The lowest BCUT2D eigenvalue weighted by atomic mass is 9.87. The highest BCUT2D eigenvalue weighted by atomic mass is 16.1. The summed E-state index contributed by atoms with van der Waals surface area (Å²) in [4.78, 5) is 15.1. The van der Waals surface area contributed by atoms with Crippen molar-refractivity contribution in [3.63, 3.8) is 0 Å². The molecule has 2 aromatic rings. The molecule has 18 heavy (non-hydrogen) atoms. The fourth-order valence-corrected chi connectivity index (χ4v) is 3.11. The summed E-state index contributed by atoms with van der Waals surface area (Å²) in [6.45, 7) is 4.36.